The predicted octanol–water partition coefficient (Wildman–Crippen LogP) is 2.96. The van der Waals surface area contributed by atoms with Gasteiger partial charge in [0.2, 0.25) is 0 Å². The average Bonchev–Trinajstić information content (AvgIpc) is 3.45. The van der Waals surface area contributed by atoms with Gasteiger partial charge in [-0.2, -0.15) is 5.10 Å². The summed E-state index contributed by atoms with van der Waals surface area (Å²) in [7, 11) is 0. The van der Waals surface area contributed by atoms with E-state index in [-0.39, 0.29) is 11.7 Å². The van der Waals surface area contributed by atoms with Gasteiger partial charge in [-0.15, -0.1) is 0 Å². The Hall–Kier alpha value is -3.22. The Bertz CT molecular complexity index is 1010. The lowest BCUT2D eigenvalue weighted by Crippen LogP contribution is -2.15. The molecule has 1 aromatic carbocycles. The van der Waals surface area contributed by atoms with Gasteiger partial charge in [-0.1, -0.05) is 12.1 Å². The first kappa shape index (κ1) is 17.2. The first-order valence-electron chi connectivity index (χ1n) is 9.04. The molecule has 3 aromatic rings. The maximum atomic E-state index is 12.1. The first-order valence-corrected chi connectivity index (χ1v) is 9.04. The van der Waals surface area contributed by atoms with E-state index in [2.05, 4.69) is 15.4 Å². The van der Waals surface area contributed by atoms with Gasteiger partial charge in [-0.05, 0) is 38.0 Å². The molecule has 0 unspecified atom stereocenters. The fourth-order valence-corrected chi connectivity index (χ4v) is 2.99. The summed E-state index contributed by atoms with van der Waals surface area (Å²) < 4.78 is 6.69. The molecular weight excluding hydrogens is 344 g/mol. The number of hydrogen-bond acceptors (Lipinski definition) is 6. The fourth-order valence-electron chi connectivity index (χ4n) is 2.99. The number of benzene rings is 1. The molecule has 4 rings (SSSR count). The minimum atomic E-state index is -0.439. The Morgan fingerprint density at radius 2 is 2.15 bits per heavy atom. The van der Waals surface area contributed by atoms with E-state index in [1.165, 1.54) is 6.20 Å². The van der Waals surface area contributed by atoms with Crippen LogP contribution in [0, 0.1) is 5.92 Å². The highest BCUT2D eigenvalue weighted by Crippen LogP contribution is 2.30. The number of nitrogens with one attached hydrogen (secondary N) is 1. The summed E-state index contributed by atoms with van der Waals surface area (Å²) in [5.41, 5.74) is 3.36. The van der Waals surface area contributed by atoms with Crippen LogP contribution in [0.1, 0.15) is 30.1 Å². The maximum Gasteiger partial charge on any atom is 0.343 e. The molecule has 0 radical (unpaired) electrons. The van der Waals surface area contributed by atoms with Crippen molar-refractivity contribution in [2.75, 3.05) is 18.5 Å². The number of ketones is 1. The number of esters is 1. The molecular formula is C20H20N4O3. The molecule has 0 atom stereocenters. The Morgan fingerprint density at radius 1 is 1.30 bits per heavy atom. The topological polar surface area (TPSA) is 85.6 Å². The highest BCUT2D eigenvalue weighted by molar-refractivity contribution is 5.96. The number of carbonyl (C=O) groups excluding carboxylic acids is 2. The molecule has 0 saturated heterocycles. The lowest BCUT2D eigenvalue weighted by Gasteiger charge is -2.09. The minimum Gasteiger partial charge on any atom is -0.462 e. The molecule has 0 spiro atoms. The van der Waals surface area contributed by atoms with Crippen molar-refractivity contribution in [2.45, 2.75) is 19.8 Å². The van der Waals surface area contributed by atoms with E-state index in [0.29, 0.717) is 24.4 Å². The molecule has 7 heteroatoms. The van der Waals surface area contributed by atoms with E-state index in [9.17, 15) is 9.59 Å². The van der Waals surface area contributed by atoms with Crippen LogP contribution in [0.4, 0.5) is 5.69 Å². The second-order valence-corrected chi connectivity index (χ2v) is 6.52. The molecule has 1 fully saturated rings. The molecule has 7 nitrogen and oxygen atoms in total. The molecule has 0 amide bonds. The van der Waals surface area contributed by atoms with E-state index in [1.807, 2.05) is 30.3 Å². The largest absolute Gasteiger partial charge is 0.462 e. The normalized spacial score (nSPS) is 13.5. The summed E-state index contributed by atoms with van der Waals surface area (Å²) in [5, 5.41) is 7.51. The second-order valence-electron chi connectivity index (χ2n) is 6.52. The van der Waals surface area contributed by atoms with E-state index in [4.69, 9.17) is 4.74 Å². The summed E-state index contributed by atoms with van der Waals surface area (Å²) in [4.78, 5) is 28.3. The molecule has 2 aromatic heterocycles. The Morgan fingerprint density at radius 3 is 2.93 bits per heavy atom. The van der Waals surface area contributed by atoms with E-state index >= 15 is 0 Å². The van der Waals surface area contributed by atoms with E-state index in [1.54, 1.807) is 17.6 Å². The van der Waals surface area contributed by atoms with Crippen molar-refractivity contribution in [1.82, 2.24) is 14.6 Å². The summed E-state index contributed by atoms with van der Waals surface area (Å²) in [5.74, 6) is 0.0647. The lowest BCUT2D eigenvalue weighted by molar-refractivity contribution is -0.118. The van der Waals surface area contributed by atoms with Crippen molar-refractivity contribution in [1.29, 1.82) is 0 Å². The third kappa shape index (κ3) is 3.53. The van der Waals surface area contributed by atoms with Gasteiger partial charge in [0.1, 0.15) is 5.56 Å². The summed E-state index contributed by atoms with van der Waals surface area (Å²) in [6.07, 6.45) is 5.14. The van der Waals surface area contributed by atoms with Gasteiger partial charge < -0.3 is 10.1 Å². The van der Waals surface area contributed by atoms with Crippen molar-refractivity contribution in [3.8, 4) is 11.3 Å². The van der Waals surface area contributed by atoms with Crippen molar-refractivity contribution >= 4 is 23.1 Å². The predicted molar refractivity (Wildman–Crippen MR) is 101 cm³/mol. The van der Waals surface area contributed by atoms with Crippen molar-refractivity contribution in [2.24, 2.45) is 5.92 Å². The molecule has 138 valence electrons. The lowest BCUT2D eigenvalue weighted by atomic mass is 10.1. The van der Waals surface area contributed by atoms with Crippen LogP contribution < -0.4 is 5.32 Å². The minimum absolute atomic E-state index is 0.242. The van der Waals surface area contributed by atoms with Crippen LogP contribution in [0.15, 0.2) is 42.7 Å². The van der Waals surface area contributed by atoms with Crippen LogP contribution in [0.3, 0.4) is 0 Å². The van der Waals surface area contributed by atoms with Crippen molar-refractivity contribution in [3.05, 3.63) is 48.3 Å². The Balaban J connectivity index is 1.63. The van der Waals surface area contributed by atoms with Crippen LogP contribution in [-0.4, -0.2) is 39.5 Å². The van der Waals surface area contributed by atoms with Crippen LogP contribution in [-0.2, 0) is 9.53 Å². The Labute approximate surface area is 156 Å². The zero-order valence-corrected chi connectivity index (χ0v) is 15.0. The monoisotopic (exact) mass is 364 g/mol. The van der Waals surface area contributed by atoms with E-state index in [0.717, 1.165) is 29.8 Å². The maximum absolute atomic E-state index is 12.1. The number of fused-ring (bicyclic) bond motifs is 1. The van der Waals surface area contributed by atoms with Crippen LogP contribution in [0.2, 0.25) is 0 Å². The number of Topliss-reactive ketones (excluding diaryl/α,β-unsaturated/α-hetero) is 1. The number of nitrogens with zero attached hydrogens (tertiary/aromatic N) is 3. The molecule has 1 aliphatic carbocycles. The summed E-state index contributed by atoms with van der Waals surface area (Å²) in [6.45, 7) is 2.40. The zero-order chi connectivity index (χ0) is 18.8. The third-order valence-electron chi connectivity index (χ3n) is 4.55. The second kappa shape index (κ2) is 7.19. The number of hydrogen-bond donors (Lipinski definition) is 1. The standard InChI is InChI=1S/C20H20N4O3/c1-2-27-20(26)16-11-23-24-17(8-9-21-19(16)24)14-4-3-5-15(10-14)22-12-18(25)13-6-7-13/h3-5,8-11,13,22H,2,6-7,12H2,1H3. The molecule has 0 aliphatic heterocycles. The van der Waals surface area contributed by atoms with Crippen molar-refractivity contribution < 1.29 is 14.3 Å². The van der Waals surface area contributed by atoms with Gasteiger partial charge >= 0.3 is 5.97 Å². The van der Waals surface area contributed by atoms with Crippen LogP contribution >= 0.6 is 0 Å². The molecule has 2 heterocycles. The SMILES string of the molecule is CCOC(=O)c1cnn2c(-c3cccc(NCC(=O)C4CC4)c3)ccnc12. The van der Waals surface area contributed by atoms with E-state index < -0.39 is 5.97 Å². The van der Waals surface area contributed by atoms with Gasteiger partial charge in [0.15, 0.2) is 11.4 Å². The van der Waals surface area contributed by atoms with Gasteiger partial charge in [0.25, 0.3) is 0 Å². The first-order chi connectivity index (χ1) is 13.2. The van der Waals surface area contributed by atoms with Gasteiger partial charge in [0, 0.05) is 23.4 Å². The number of carbonyl (C=O) groups is 2. The fraction of sp³-hybridized carbons (Fsp3) is 0.300. The third-order valence-corrected chi connectivity index (χ3v) is 4.55. The highest BCUT2D eigenvalue weighted by Gasteiger charge is 2.28. The van der Waals surface area contributed by atoms with Crippen LogP contribution in [0.25, 0.3) is 16.9 Å². The van der Waals surface area contributed by atoms with Gasteiger partial charge in [-0.25, -0.2) is 14.3 Å². The molecule has 1 saturated carbocycles. The molecule has 1 aliphatic rings. The van der Waals surface area contributed by atoms with Gasteiger partial charge in [0.05, 0.1) is 25.0 Å². The number of anilines is 1. The number of aromatic nitrogens is 3. The number of rotatable bonds is 7. The average molecular weight is 364 g/mol. The highest BCUT2D eigenvalue weighted by atomic mass is 16.5. The van der Waals surface area contributed by atoms with Crippen molar-refractivity contribution in [3.63, 3.8) is 0 Å². The quantitative estimate of drug-likeness (QED) is 0.649. The summed E-state index contributed by atoms with van der Waals surface area (Å²) >= 11 is 0. The molecule has 0 bridgehead atoms. The smallest absolute Gasteiger partial charge is 0.343 e. The Kier molecular flexibility index (Phi) is 4.58. The molecule has 1 N–H and O–H groups in total. The summed E-state index contributed by atoms with van der Waals surface area (Å²) in [6, 6.07) is 9.59. The van der Waals surface area contributed by atoms with Gasteiger partial charge in [-0.3, -0.25) is 4.79 Å². The zero-order valence-electron chi connectivity index (χ0n) is 15.0. The van der Waals surface area contributed by atoms with Crippen LogP contribution in [0.5, 0.6) is 0 Å². The molecule has 27 heavy (non-hydrogen) atoms. The number of ether oxygens (including phenoxy) is 1.